The van der Waals surface area contributed by atoms with Crippen molar-refractivity contribution < 1.29 is 10.3 Å². The molecule has 0 aromatic carbocycles. The van der Waals surface area contributed by atoms with Gasteiger partial charge in [0.25, 0.3) is 5.09 Å². The summed E-state index contributed by atoms with van der Waals surface area (Å²) in [4.78, 5) is 8.36. The molecule has 0 spiro atoms. The fourth-order valence-electron chi connectivity index (χ4n) is 0. The van der Waals surface area contributed by atoms with Crippen LogP contribution in [-0.4, -0.2) is 61.7 Å². The fourth-order valence-corrected chi connectivity index (χ4v) is 0. The van der Waals surface area contributed by atoms with E-state index in [2.05, 4.69) is 0 Å². The maximum atomic E-state index is 8.36. The summed E-state index contributed by atoms with van der Waals surface area (Å²) in [5.41, 5.74) is 0. The molecule has 0 saturated carbocycles. The van der Waals surface area contributed by atoms with Crippen molar-refractivity contribution in [2.24, 2.45) is 0 Å². The first-order chi connectivity index (χ1) is 1.73. The summed E-state index contributed by atoms with van der Waals surface area (Å²) >= 11 is 0. The Kier molecular flexibility index (Phi) is 24.8. The molecule has 0 radical (unpaired) electrons. The molecule has 0 heterocycles. The van der Waals surface area contributed by atoms with Crippen molar-refractivity contribution in [2.45, 2.75) is 0 Å². The van der Waals surface area contributed by atoms with Crippen LogP contribution in [0.2, 0.25) is 0 Å². The van der Waals surface area contributed by atoms with Gasteiger partial charge in [-0.25, -0.2) is 0 Å². The van der Waals surface area contributed by atoms with Crippen molar-refractivity contribution >= 4 is 64.9 Å². The molecule has 1 N–H and O–H groups in total. The Labute approximate surface area is 83.9 Å². The second-order valence-corrected chi connectivity index (χ2v) is 0.238. The molecule has 0 atom stereocenters. The molecule has 0 fully saturated rings. The van der Waals surface area contributed by atoms with Gasteiger partial charge in [-0.3, -0.25) is 0 Å². The van der Waals surface area contributed by atoms with Gasteiger partial charge in [-0.1, -0.05) is 0 Å². The molecule has 0 aliphatic carbocycles. The van der Waals surface area contributed by atoms with E-state index < -0.39 is 5.09 Å². The molecular formula is H4KNO3S. The molecule has 0 aliphatic rings. The molecule has 34 valence electrons. The second kappa shape index (κ2) is 9.49. The van der Waals surface area contributed by atoms with Crippen molar-refractivity contribution in [1.82, 2.24) is 0 Å². The third kappa shape index (κ3) is 64.6. The van der Waals surface area contributed by atoms with E-state index in [4.69, 9.17) is 15.3 Å². The molecule has 0 unspecified atom stereocenters. The van der Waals surface area contributed by atoms with E-state index in [0.717, 1.165) is 0 Å². The van der Waals surface area contributed by atoms with Crippen LogP contribution < -0.4 is 0 Å². The molecule has 0 saturated heterocycles. The molecule has 0 aromatic rings. The molecule has 4 nitrogen and oxygen atoms in total. The Hall–Kier alpha value is 1.19. The van der Waals surface area contributed by atoms with E-state index >= 15 is 0 Å². The zero-order valence-electron chi connectivity index (χ0n) is 2.21. The summed E-state index contributed by atoms with van der Waals surface area (Å²) in [6.07, 6.45) is 0. The summed E-state index contributed by atoms with van der Waals surface area (Å²) in [6.45, 7) is 0. The predicted octanol–water partition coefficient (Wildman–Crippen LogP) is -0.883. The zero-order valence-corrected chi connectivity index (χ0v) is 3.21. The summed E-state index contributed by atoms with van der Waals surface area (Å²) in [7, 11) is 0. The van der Waals surface area contributed by atoms with Gasteiger partial charge in [-0.15, -0.1) is 10.1 Å². The average Bonchev–Trinajstić information content (AvgIpc) is 0.811. The van der Waals surface area contributed by atoms with Crippen LogP contribution in [0.4, 0.5) is 0 Å². The van der Waals surface area contributed by atoms with Crippen LogP contribution in [0.15, 0.2) is 0 Å². The predicted molar refractivity (Wildman–Crippen MR) is 26.3 cm³/mol. The van der Waals surface area contributed by atoms with Crippen LogP contribution >= 0.6 is 13.5 Å². The van der Waals surface area contributed by atoms with Crippen LogP contribution in [-0.2, 0) is 0 Å². The van der Waals surface area contributed by atoms with Gasteiger partial charge < -0.3 is 5.21 Å². The molecule has 0 aliphatic heterocycles. The number of nitrogens with zero attached hydrogens (tertiary/aromatic N) is 1. The van der Waals surface area contributed by atoms with Gasteiger partial charge >= 0.3 is 51.4 Å². The zero-order chi connectivity index (χ0) is 3.58. The molecular weight excluding hydrogens is 133 g/mol. The summed E-state index contributed by atoms with van der Waals surface area (Å²) < 4.78 is 0. The van der Waals surface area contributed by atoms with Crippen LogP contribution in [0, 0.1) is 10.1 Å². The van der Waals surface area contributed by atoms with Crippen molar-refractivity contribution in [1.29, 1.82) is 0 Å². The monoisotopic (exact) mass is 137 g/mol. The van der Waals surface area contributed by atoms with Gasteiger partial charge in [0, 0.05) is 0 Å². The van der Waals surface area contributed by atoms with Crippen molar-refractivity contribution in [3.63, 3.8) is 0 Å². The fraction of sp³-hybridized carbons (Fsp3) is 0. The summed E-state index contributed by atoms with van der Waals surface area (Å²) in [5.74, 6) is 0. The number of hydrogen-bond acceptors (Lipinski definition) is 2. The normalized spacial score (nSPS) is 4.00. The third-order valence-corrected chi connectivity index (χ3v) is 0. The number of hydrogen-bond donors (Lipinski definition) is 1. The minimum atomic E-state index is -1.50. The Morgan fingerprint density at radius 3 is 1.67 bits per heavy atom. The van der Waals surface area contributed by atoms with Gasteiger partial charge in [0.2, 0.25) is 0 Å². The first kappa shape index (κ1) is 15.7. The van der Waals surface area contributed by atoms with E-state index in [1.54, 1.807) is 0 Å². The van der Waals surface area contributed by atoms with Crippen molar-refractivity contribution in [3.8, 4) is 0 Å². The van der Waals surface area contributed by atoms with Gasteiger partial charge in [0.15, 0.2) is 0 Å². The van der Waals surface area contributed by atoms with Gasteiger partial charge in [0.05, 0.1) is 0 Å². The molecule has 0 amide bonds. The van der Waals surface area contributed by atoms with Crippen LogP contribution in [0.25, 0.3) is 0 Å². The second-order valence-electron chi connectivity index (χ2n) is 0.238. The number of rotatable bonds is 0. The van der Waals surface area contributed by atoms with Crippen LogP contribution in [0.1, 0.15) is 0 Å². The Morgan fingerprint density at radius 2 is 1.67 bits per heavy atom. The molecule has 0 bridgehead atoms. The first-order valence-electron chi connectivity index (χ1n) is 0.565. The van der Waals surface area contributed by atoms with Crippen LogP contribution in [0.5, 0.6) is 0 Å². The Balaban J connectivity index is -0.0000000450. The standard InChI is InChI=1S/K.HNO3.H2S.H/c;2-1(3)4;;/h;(H,2,3,4);1H2;. The molecule has 0 rings (SSSR count). The average molecular weight is 137 g/mol. The topological polar surface area (TPSA) is 63.4 Å². The van der Waals surface area contributed by atoms with Gasteiger partial charge in [-0.2, -0.15) is 13.5 Å². The maximum absolute atomic E-state index is 8.36. The van der Waals surface area contributed by atoms with Gasteiger partial charge in [-0.05, 0) is 0 Å². The molecule has 6 heavy (non-hydrogen) atoms. The van der Waals surface area contributed by atoms with E-state index in [0.29, 0.717) is 0 Å². The van der Waals surface area contributed by atoms with E-state index in [9.17, 15) is 0 Å². The Morgan fingerprint density at radius 1 is 1.67 bits per heavy atom. The third-order valence-electron chi connectivity index (χ3n) is 0. The minimum absolute atomic E-state index is 0. The molecule has 6 heteroatoms. The van der Waals surface area contributed by atoms with Crippen molar-refractivity contribution in [3.05, 3.63) is 10.1 Å². The SMILES string of the molecule is O=[N+]([O-])O.S.[KH]. The Bertz CT molecular complexity index is 33.8. The van der Waals surface area contributed by atoms with Crippen molar-refractivity contribution in [2.75, 3.05) is 0 Å². The van der Waals surface area contributed by atoms with E-state index in [1.807, 2.05) is 0 Å². The van der Waals surface area contributed by atoms with E-state index in [1.165, 1.54) is 0 Å². The quantitative estimate of drug-likeness (QED) is 0.268. The summed E-state index contributed by atoms with van der Waals surface area (Å²) in [5, 5.41) is 13.6. The first-order valence-corrected chi connectivity index (χ1v) is 0.565. The summed E-state index contributed by atoms with van der Waals surface area (Å²) in [6, 6.07) is 0. The molecule has 0 aromatic heterocycles. The van der Waals surface area contributed by atoms with E-state index in [-0.39, 0.29) is 64.9 Å². The van der Waals surface area contributed by atoms with Crippen LogP contribution in [0.3, 0.4) is 0 Å². The van der Waals surface area contributed by atoms with Gasteiger partial charge in [0.1, 0.15) is 0 Å².